The molecule has 1 fully saturated rings. The zero-order chi connectivity index (χ0) is 22.9. The molecule has 33 heavy (non-hydrogen) atoms. The van der Waals surface area contributed by atoms with Gasteiger partial charge in [0.2, 0.25) is 0 Å². The molecule has 0 radical (unpaired) electrons. The molecule has 7 nitrogen and oxygen atoms in total. The largest absolute Gasteiger partial charge is 0.369 e. The molecule has 1 atom stereocenters. The molecule has 8 heteroatoms. The van der Waals surface area contributed by atoms with Crippen molar-refractivity contribution in [2.24, 2.45) is 12.0 Å². The number of hydrogen-bond donors (Lipinski definition) is 2. The van der Waals surface area contributed by atoms with Gasteiger partial charge in [-0.1, -0.05) is 18.2 Å². The number of aliphatic imine (C=N–C) groups is 1. The first-order chi connectivity index (χ1) is 15.5. The van der Waals surface area contributed by atoms with Crippen LogP contribution in [-0.2, 0) is 13.5 Å². The summed E-state index contributed by atoms with van der Waals surface area (Å²) in [7, 11) is 3.85. The van der Waals surface area contributed by atoms with Crippen molar-refractivity contribution in [1.29, 1.82) is 0 Å². The second-order valence-electron chi connectivity index (χ2n) is 8.89. The Hall–Kier alpha value is -1.81. The minimum Gasteiger partial charge on any atom is -0.369 e. The van der Waals surface area contributed by atoms with E-state index in [4.69, 9.17) is 0 Å². The summed E-state index contributed by atoms with van der Waals surface area (Å²) in [6, 6.07) is 11.0. The van der Waals surface area contributed by atoms with Gasteiger partial charge in [-0.25, -0.2) is 0 Å². The summed E-state index contributed by atoms with van der Waals surface area (Å²) in [6.07, 6.45) is 3.30. The third kappa shape index (κ3) is 8.17. The van der Waals surface area contributed by atoms with Gasteiger partial charge in [-0.3, -0.25) is 14.6 Å². The molecule has 0 amide bonds. The van der Waals surface area contributed by atoms with Gasteiger partial charge in [-0.15, -0.1) is 24.0 Å². The summed E-state index contributed by atoms with van der Waals surface area (Å²) in [5.41, 5.74) is 5.03. The van der Waals surface area contributed by atoms with E-state index in [0.717, 1.165) is 57.2 Å². The van der Waals surface area contributed by atoms with Gasteiger partial charge in [0.15, 0.2) is 5.96 Å². The molecular formula is C25H42IN7. The van der Waals surface area contributed by atoms with Crippen molar-refractivity contribution < 1.29 is 0 Å². The summed E-state index contributed by atoms with van der Waals surface area (Å²) in [6.45, 7) is 13.1. The molecule has 1 aliphatic heterocycles. The standard InChI is InChI=1S/C25H41N7.HI/c1-20(19-24-21(2)29-30(5)22(24)3)28-25(26-4)27-13-9-10-14-31-15-17-32(18-16-31)23-11-7-6-8-12-23;/h6-8,11-12,20H,9-10,13-19H2,1-5H3,(H2,26,27,28);1H. The van der Waals surface area contributed by atoms with Crippen molar-refractivity contribution >= 4 is 35.6 Å². The Kier molecular flexibility index (Phi) is 11.5. The molecule has 2 aromatic rings. The maximum absolute atomic E-state index is 4.53. The Balaban J connectivity index is 0.00000385. The highest BCUT2D eigenvalue weighted by molar-refractivity contribution is 14.0. The van der Waals surface area contributed by atoms with Crippen molar-refractivity contribution in [3.05, 3.63) is 47.3 Å². The summed E-state index contributed by atoms with van der Waals surface area (Å²) >= 11 is 0. The summed E-state index contributed by atoms with van der Waals surface area (Å²) < 4.78 is 1.96. The predicted octanol–water partition coefficient (Wildman–Crippen LogP) is 3.35. The topological polar surface area (TPSA) is 60.7 Å². The quantitative estimate of drug-likeness (QED) is 0.211. The number of aromatic nitrogens is 2. The van der Waals surface area contributed by atoms with E-state index in [1.54, 1.807) is 0 Å². The van der Waals surface area contributed by atoms with Crippen molar-refractivity contribution in [3.63, 3.8) is 0 Å². The average molecular weight is 568 g/mol. The maximum atomic E-state index is 4.53. The Labute approximate surface area is 217 Å². The highest BCUT2D eigenvalue weighted by Crippen LogP contribution is 2.16. The van der Waals surface area contributed by atoms with Crippen molar-refractivity contribution in [1.82, 2.24) is 25.3 Å². The van der Waals surface area contributed by atoms with E-state index in [1.807, 2.05) is 18.8 Å². The lowest BCUT2D eigenvalue weighted by Crippen LogP contribution is -2.46. The number of nitrogens with zero attached hydrogens (tertiary/aromatic N) is 5. The lowest BCUT2D eigenvalue weighted by atomic mass is 10.1. The monoisotopic (exact) mass is 567 g/mol. The molecule has 0 saturated carbocycles. The maximum Gasteiger partial charge on any atom is 0.191 e. The number of rotatable bonds is 9. The number of unbranched alkanes of at least 4 members (excludes halogenated alkanes) is 1. The van der Waals surface area contributed by atoms with Crippen LogP contribution in [0.25, 0.3) is 0 Å². The first kappa shape index (κ1) is 27.4. The van der Waals surface area contributed by atoms with Crippen LogP contribution in [0.4, 0.5) is 5.69 Å². The van der Waals surface area contributed by atoms with Crippen LogP contribution in [-0.4, -0.2) is 73.0 Å². The fraction of sp³-hybridized carbons (Fsp3) is 0.600. The Morgan fingerprint density at radius 1 is 1.09 bits per heavy atom. The summed E-state index contributed by atoms with van der Waals surface area (Å²) in [5, 5.41) is 11.5. The molecule has 1 aromatic heterocycles. The second kappa shape index (κ2) is 13.8. The minimum absolute atomic E-state index is 0. The summed E-state index contributed by atoms with van der Waals surface area (Å²) in [5.74, 6) is 0.883. The Morgan fingerprint density at radius 2 is 1.79 bits per heavy atom. The molecule has 184 valence electrons. The second-order valence-corrected chi connectivity index (χ2v) is 8.89. The third-order valence-electron chi connectivity index (χ3n) is 6.46. The molecule has 2 N–H and O–H groups in total. The van der Waals surface area contributed by atoms with Gasteiger partial charge in [0, 0.05) is 64.2 Å². The van der Waals surface area contributed by atoms with Crippen molar-refractivity contribution in [2.45, 2.75) is 46.1 Å². The van der Waals surface area contributed by atoms with Gasteiger partial charge >= 0.3 is 0 Å². The zero-order valence-corrected chi connectivity index (χ0v) is 23.3. The first-order valence-electron chi connectivity index (χ1n) is 12.0. The van der Waals surface area contributed by atoms with E-state index in [2.05, 4.69) is 81.6 Å². The number of benzene rings is 1. The van der Waals surface area contributed by atoms with E-state index < -0.39 is 0 Å². The number of aryl methyl sites for hydroxylation is 2. The van der Waals surface area contributed by atoms with E-state index in [0.29, 0.717) is 6.04 Å². The normalized spacial score (nSPS) is 15.8. The SMILES string of the molecule is CN=C(NCCCCN1CCN(c2ccccc2)CC1)NC(C)Cc1c(C)nn(C)c1C.I. The number of guanidine groups is 1. The molecule has 0 aliphatic carbocycles. The highest BCUT2D eigenvalue weighted by Gasteiger charge is 2.17. The van der Waals surface area contributed by atoms with Gasteiger partial charge in [0.25, 0.3) is 0 Å². The van der Waals surface area contributed by atoms with Gasteiger partial charge < -0.3 is 15.5 Å². The fourth-order valence-electron chi connectivity index (χ4n) is 4.43. The summed E-state index contributed by atoms with van der Waals surface area (Å²) in [4.78, 5) is 9.48. The molecular weight excluding hydrogens is 525 g/mol. The number of anilines is 1. The molecule has 1 saturated heterocycles. The van der Waals surface area contributed by atoms with Gasteiger partial charge in [0.1, 0.15) is 0 Å². The molecule has 0 spiro atoms. The van der Waals surface area contributed by atoms with E-state index in [9.17, 15) is 0 Å². The molecule has 3 rings (SSSR count). The molecule has 1 aromatic carbocycles. The van der Waals surface area contributed by atoms with Crippen LogP contribution in [0.15, 0.2) is 35.3 Å². The number of piperazine rings is 1. The lowest BCUT2D eigenvalue weighted by molar-refractivity contribution is 0.253. The van der Waals surface area contributed by atoms with Crippen molar-refractivity contribution in [3.8, 4) is 0 Å². The van der Waals surface area contributed by atoms with Crippen LogP contribution in [0.1, 0.15) is 36.7 Å². The van der Waals surface area contributed by atoms with Crippen molar-refractivity contribution in [2.75, 3.05) is 51.2 Å². The minimum atomic E-state index is 0. The van der Waals surface area contributed by atoms with Crippen LogP contribution < -0.4 is 15.5 Å². The van der Waals surface area contributed by atoms with Gasteiger partial charge in [-0.05, 0) is 64.3 Å². The van der Waals surface area contributed by atoms with Crippen LogP contribution in [0, 0.1) is 13.8 Å². The van der Waals surface area contributed by atoms with E-state index in [-0.39, 0.29) is 24.0 Å². The zero-order valence-electron chi connectivity index (χ0n) is 21.0. The fourth-order valence-corrected chi connectivity index (χ4v) is 4.43. The van der Waals surface area contributed by atoms with Crippen LogP contribution in [0.3, 0.4) is 0 Å². The van der Waals surface area contributed by atoms with E-state index >= 15 is 0 Å². The first-order valence-corrected chi connectivity index (χ1v) is 12.0. The lowest BCUT2D eigenvalue weighted by Gasteiger charge is -2.36. The number of nitrogens with one attached hydrogen (secondary N) is 2. The number of para-hydroxylation sites is 1. The third-order valence-corrected chi connectivity index (χ3v) is 6.46. The smallest absolute Gasteiger partial charge is 0.191 e. The predicted molar refractivity (Wildman–Crippen MR) is 150 cm³/mol. The van der Waals surface area contributed by atoms with E-state index in [1.165, 1.54) is 29.9 Å². The van der Waals surface area contributed by atoms with Gasteiger partial charge in [-0.2, -0.15) is 5.10 Å². The van der Waals surface area contributed by atoms with Crippen LogP contribution in [0.2, 0.25) is 0 Å². The highest BCUT2D eigenvalue weighted by atomic mass is 127. The number of hydrogen-bond acceptors (Lipinski definition) is 4. The van der Waals surface area contributed by atoms with Crippen LogP contribution >= 0.6 is 24.0 Å². The molecule has 0 bridgehead atoms. The van der Waals surface area contributed by atoms with Crippen LogP contribution in [0.5, 0.6) is 0 Å². The molecule has 2 heterocycles. The average Bonchev–Trinajstić information content (AvgIpc) is 3.05. The number of halogens is 1. The van der Waals surface area contributed by atoms with Gasteiger partial charge in [0.05, 0.1) is 5.69 Å². The molecule has 1 aliphatic rings. The molecule has 1 unspecified atom stereocenters. The Morgan fingerprint density at radius 3 is 2.39 bits per heavy atom. The Bertz CT molecular complexity index is 857.